The van der Waals surface area contributed by atoms with Gasteiger partial charge in [0.05, 0.1) is 5.71 Å². The van der Waals surface area contributed by atoms with Gasteiger partial charge in [0.15, 0.2) is 0 Å². The second kappa shape index (κ2) is 3.67. The molecule has 0 saturated carbocycles. The third-order valence-corrected chi connectivity index (χ3v) is 1.06. The van der Waals surface area contributed by atoms with Crippen molar-refractivity contribution in [3.63, 3.8) is 0 Å². The number of oxime groups is 1. The summed E-state index contributed by atoms with van der Waals surface area (Å²) in [5.41, 5.74) is 0.889. The molecule has 52 valence electrons. The van der Waals surface area contributed by atoms with E-state index in [1.54, 1.807) is 12.2 Å². The molecule has 10 heavy (non-hydrogen) atoms. The summed E-state index contributed by atoms with van der Waals surface area (Å²) in [7, 11) is 0. The smallest absolute Gasteiger partial charge is 0.122 e. The molecule has 0 aromatic rings. The molecule has 0 bridgehead atoms. The zero-order valence-electron chi connectivity index (χ0n) is 5.66. The Bertz CT molecular complexity index is 201. The molecule has 2 nitrogen and oxygen atoms in total. The van der Waals surface area contributed by atoms with Gasteiger partial charge in [0.2, 0.25) is 0 Å². The van der Waals surface area contributed by atoms with E-state index in [0.29, 0.717) is 0 Å². The Balaban J connectivity index is 2.59. The van der Waals surface area contributed by atoms with Gasteiger partial charge in [-0.1, -0.05) is 17.3 Å². The van der Waals surface area contributed by atoms with E-state index in [0.717, 1.165) is 12.1 Å². The minimum atomic E-state index is 0.748. The zero-order chi connectivity index (χ0) is 7.23. The fourth-order valence-electron chi connectivity index (χ4n) is 0.629. The summed E-state index contributed by atoms with van der Waals surface area (Å²) < 4.78 is 0. The molecule has 0 atom stereocenters. The fraction of sp³-hybridized carbons (Fsp3) is 0.125. The van der Waals surface area contributed by atoms with Crippen LogP contribution in [0, 0.1) is 0 Å². The second-order valence-corrected chi connectivity index (χ2v) is 1.87. The summed E-state index contributed by atoms with van der Waals surface area (Å²) in [5.74, 6) is 0. The highest BCUT2D eigenvalue weighted by atomic mass is 16.6. The molecular formula is C8H9NO. The molecule has 0 N–H and O–H groups in total. The topological polar surface area (TPSA) is 21.6 Å². The number of rotatable bonds is 2. The van der Waals surface area contributed by atoms with Crippen molar-refractivity contribution in [3.05, 3.63) is 37.1 Å². The largest absolute Gasteiger partial charge is 0.365 e. The SMILES string of the molecule is C=CCC1=NOC=CC=C1. The van der Waals surface area contributed by atoms with Crippen LogP contribution in [0.3, 0.4) is 0 Å². The maximum atomic E-state index is 4.76. The Kier molecular flexibility index (Phi) is 2.49. The minimum absolute atomic E-state index is 0.748. The van der Waals surface area contributed by atoms with Crippen LogP contribution in [0.1, 0.15) is 6.42 Å². The zero-order valence-corrected chi connectivity index (χ0v) is 5.66. The first-order valence-corrected chi connectivity index (χ1v) is 3.10. The third kappa shape index (κ3) is 1.90. The second-order valence-electron chi connectivity index (χ2n) is 1.87. The Hall–Kier alpha value is -1.31. The van der Waals surface area contributed by atoms with Crippen molar-refractivity contribution in [1.29, 1.82) is 0 Å². The Morgan fingerprint density at radius 1 is 1.60 bits per heavy atom. The lowest BCUT2D eigenvalue weighted by molar-refractivity contribution is 0.269. The first-order valence-electron chi connectivity index (χ1n) is 3.10. The van der Waals surface area contributed by atoms with E-state index >= 15 is 0 Å². The van der Waals surface area contributed by atoms with Gasteiger partial charge in [0, 0.05) is 6.42 Å². The molecule has 0 spiro atoms. The van der Waals surface area contributed by atoms with E-state index in [1.807, 2.05) is 12.2 Å². The average Bonchev–Trinajstić information content (AvgIpc) is 2.17. The van der Waals surface area contributed by atoms with Crippen molar-refractivity contribution >= 4 is 5.71 Å². The van der Waals surface area contributed by atoms with Crippen molar-refractivity contribution in [3.8, 4) is 0 Å². The lowest BCUT2D eigenvalue weighted by Crippen LogP contribution is -1.89. The number of hydrogen-bond acceptors (Lipinski definition) is 2. The van der Waals surface area contributed by atoms with Gasteiger partial charge in [-0.05, 0) is 12.2 Å². The highest BCUT2D eigenvalue weighted by Gasteiger charge is 1.91. The van der Waals surface area contributed by atoms with Gasteiger partial charge in [-0.25, -0.2) is 0 Å². The molecule has 0 saturated heterocycles. The quantitative estimate of drug-likeness (QED) is 0.531. The van der Waals surface area contributed by atoms with E-state index < -0.39 is 0 Å². The van der Waals surface area contributed by atoms with Gasteiger partial charge >= 0.3 is 0 Å². The highest BCUT2D eigenvalue weighted by Crippen LogP contribution is 1.96. The molecule has 0 aliphatic carbocycles. The first-order chi connectivity index (χ1) is 4.93. The number of hydrogen-bond donors (Lipinski definition) is 0. The molecule has 1 rings (SSSR count). The first kappa shape index (κ1) is 6.81. The Morgan fingerprint density at radius 3 is 3.30 bits per heavy atom. The summed E-state index contributed by atoms with van der Waals surface area (Å²) in [6, 6.07) is 0. The highest BCUT2D eigenvalue weighted by molar-refractivity contribution is 5.95. The molecule has 0 unspecified atom stereocenters. The molecule has 0 aromatic heterocycles. The molecule has 1 aliphatic rings. The van der Waals surface area contributed by atoms with Gasteiger partial charge in [-0.15, -0.1) is 6.58 Å². The van der Waals surface area contributed by atoms with Crippen LogP contribution in [0.5, 0.6) is 0 Å². The molecule has 1 aliphatic heterocycles. The van der Waals surface area contributed by atoms with Crippen LogP contribution in [0.25, 0.3) is 0 Å². The van der Waals surface area contributed by atoms with E-state index in [2.05, 4.69) is 11.7 Å². The molecule has 0 aromatic carbocycles. The van der Waals surface area contributed by atoms with E-state index in [1.165, 1.54) is 6.26 Å². The van der Waals surface area contributed by atoms with Crippen LogP contribution in [-0.2, 0) is 4.84 Å². The predicted octanol–water partition coefficient (Wildman–Crippen LogP) is 2.02. The van der Waals surface area contributed by atoms with Crippen molar-refractivity contribution in [2.45, 2.75) is 6.42 Å². The molecule has 1 heterocycles. The number of allylic oxidation sites excluding steroid dienone is 4. The van der Waals surface area contributed by atoms with Crippen LogP contribution in [0.4, 0.5) is 0 Å². The van der Waals surface area contributed by atoms with Crippen LogP contribution in [0.2, 0.25) is 0 Å². The van der Waals surface area contributed by atoms with E-state index in [-0.39, 0.29) is 0 Å². The fourth-order valence-corrected chi connectivity index (χ4v) is 0.629. The van der Waals surface area contributed by atoms with Gasteiger partial charge in [-0.3, -0.25) is 0 Å². The average molecular weight is 135 g/mol. The van der Waals surface area contributed by atoms with Crippen LogP contribution in [0.15, 0.2) is 42.3 Å². The summed E-state index contributed by atoms with van der Waals surface area (Å²) in [6.07, 6.45) is 9.64. The van der Waals surface area contributed by atoms with Crippen molar-refractivity contribution in [2.24, 2.45) is 5.16 Å². The number of nitrogens with zero attached hydrogens (tertiary/aromatic N) is 1. The Morgan fingerprint density at radius 2 is 2.50 bits per heavy atom. The van der Waals surface area contributed by atoms with Gasteiger partial charge in [-0.2, -0.15) is 0 Å². The molecule has 2 heteroatoms. The summed E-state index contributed by atoms with van der Waals surface area (Å²) in [5, 5.41) is 3.78. The lowest BCUT2D eigenvalue weighted by atomic mass is 10.2. The monoisotopic (exact) mass is 135 g/mol. The summed E-state index contributed by atoms with van der Waals surface area (Å²) >= 11 is 0. The molecule has 0 amide bonds. The van der Waals surface area contributed by atoms with E-state index in [9.17, 15) is 0 Å². The van der Waals surface area contributed by atoms with Crippen LogP contribution in [-0.4, -0.2) is 5.71 Å². The van der Waals surface area contributed by atoms with Crippen LogP contribution < -0.4 is 0 Å². The van der Waals surface area contributed by atoms with Crippen molar-refractivity contribution in [1.82, 2.24) is 0 Å². The standard InChI is InChI=1S/C8H9NO/c1-2-5-8-6-3-4-7-10-9-8/h2-4,6-7H,1,5H2. The van der Waals surface area contributed by atoms with Gasteiger partial charge in [0.1, 0.15) is 6.26 Å². The summed E-state index contributed by atoms with van der Waals surface area (Å²) in [4.78, 5) is 4.76. The minimum Gasteiger partial charge on any atom is -0.365 e. The van der Waals surface area contributed by atoms with Gasteiger partial charge < -0.3 is 4.84 Å². The van der Waals surface area contributed by atoms with Crippen molar-refractivity contribution < 1.29 is 4.84 Å². The summed E-state index contributed by atoms with van der Waals surface area (Å²) in [6.45, 7) is 3.59. The normalized spacial score (nSPS) is 15.4. The van der Waals surface area contributed by atoms with Crippen LogP contribution >= 0.6 is 0 Å². The third-order valence-electron chi connectivity index (χ3n) is 1.06. The predicted molar refractivity (Wildman–Crippen MR) is 41.6 cm³/mol. The molecular weight excluding hydrogens is 126 g/mol. The molecule has 0 fully saturated rings. The maximum Gasteiger partial charge on any atom is 0.122 e. The van der Waals surface area contributed by atoms with E-state index in [4.69, 9.17) is 4.84 Å². The van der Waals surface area contributed by atoms with Gasteiger partial charge in [0.25, 0.3) is 0 Å². The molecule has 0 radical (unpaired) electrons. The van der Waals surface area contributed by atoms with Crippen molar-refractivity contribution in [2.75, 3.05) is 0 Å². The lowest BCUT2D eigenvalue weighted by Gasteiger charge is -1.91. The maximum absolute atomic E-state index is 4.76. The Labute approximate surface area is 60.2 Å².